The van der Waals surface area contributed by atoms with E-state index < -0.39 is 10.0 Å². The fraction of sp³-hybridized carbons (Fsp3) is 0.412. The van der Waals surface area contributed by atoms with Gasteiger partial charge in [-0.3, -0.25) is 4.79 Å². The first-order chi connectivity index (χ1) is 12.8. The van der Waals surface area contributed by atoms with Crippen molar-refractivity contribution in [3.63, 3.8) is 0 Å². The molecule has 0 aliphatic heterocycles. The third-order valence-corrected chi connectivity index (χ3v) is 5.34. The van der Waals surface area contributed by atoms with Crippen LogP contribution in [0, 0.1) is 13.8 Å². The molecule has 0 radical (unpaired) electrons. The highest BCUT2D eigenvalue weighted by molar-refractivity contribution is 7.89. The second-order valence-corrected chi connectivity index (χ2v) is 7.38. The lowest BCUT2D eigenvalue weighted by molar-refractivity contribution is -0.121. The third-order valence-electron chi connectivity index (χ3n) is 3.63. The summed E-state index contributed by atoms with van der Waals surface area (Å²) in [6.45, 7) is 3.63. The molecule has 0 aliphatic rings. The van der Waals surface area contributed by atoms with Crippen LogP contribution in [0.5, 0.6) is 11.5 Å². The van der Waals surface area contributed by atoms with Gasteiger partial charge in [-0.1, -0.05) is 5.16 Å². The molecule has 2 N–H and O–H groups in total. The maximum absolute atomic E-state index is 12.2. The Hall–Kier alpha value is -2.59. The topological polar surface area (TPSA) is 120 Å². The Bertz CT molecular complexity index is 842. The number of rotatable bonds is 10. The number of methoxy groups -OCH3 is 1. The van der Waals surface area contributed by atoms with E-state index in [9.17, 15) is 13.2 Å². The van der Waals surface area contributed by atoms with Crippen molar-refractivity contribution >= 4 is 15.9 Å². The number of sulfonamides is 1. The van der Waals surface area contributed by atoms with Crippen LogP contribution in [0.2, 0.25) is 0 Å². The molecule has 27 heavy (non-hydrogen) atoms. The molecule has 0 spiro atoms. The normalized spacial score (nSPS) is 11.2. The minimum atomic E-state index is -3.76. The van der Waals surface area contributed by atoms with Gasteiger partial charge < -0.3 is 19.3 Å². The van der Waals surface area contributed by atoms with Crippen molar-refractivity contribution in [1.82, 2.24) is 15.2 Å². The molecule has 0 fully saturated rings. The number of ether oxygens (including phenoxy) is 2. The zero-order valence-corrected chi connectivity index (χ0v) is 16.3. The van der Waals surface area contributed by atoms with Gasteiger partial charge in [0.2, 0.25) is 15.9 Å². The van der Waals surface area contributed by atoms with Crippen LogP contribution in [0.25, 0.3) is 0 Å². The Kier molecular flexibility index (Phi) is 7.19. The molecule has 0 atom stereocenters. The Labute approximate surface area is 158 Å². The minimum absolute atomic E-state index is 0.00510. The van der Waals surface area contributed by atoms with E-state index in [0.717, 1.165) is 5.75 Å². The quantitative estimate of drug-likeness (QED) is 0.577. The maximum Gasteiger partial charge on any atom is 0.245 e. The van der Waals surface area contributed by atoms with Gasteiger partial charge in [0.05, 0.1) is 13.7 Å². The molecule has 1 heterocycles. The molecule has 2 rings (SSSR count). The van der Waals surface area contributed by atoms with Crippen LogP contribution >= 0.6 is 0 Å². The van der Waals surface area contributed by atoms with Crippen molar-refractivity contribution in [2.24, 2.45) is 0 Å². The van der Waals surface area contributed by atoms with Crippen LogP contribution < -0.4 is 19.5 Å². The molecular weight excluding hydrogens is 374 g/mol. The molecular formula is C17H23N3O6S. The summed E-state index contributed by atoms with van der Waals surface area (Å²) >= 11 is 0. The summed E-state index contributed by atoms with van der Waals surface area (Å²) in [6, 6.07) is 7.09. The smallest absolute Gasteiger partial charge is 0.245 e. The fourth-order valence-corrected chi connectivity index (χ4v) is 3.71. The van der Waals surface area contributed by atoms with Crippen molar-refractivity contribution in [2.75, 3.05) is 26.8 Å². The van der Waals surface area contributed by atoms with Crippen molar-refractivity contribution in [3.8, 4) is 11.5 Å². The van der Waals surface area contributed by atoms with E-state index in [2.05, 4.69) is 15.2 Å². The predicted octanol–water partition coefficient (Wildman–Crippen LogP) is 1.16. The lowest BCUT2D eigenvalue weighted by atomic mass is 10.3. The van der Waals surface area contributed by atoms with Crippen LogP contribution in [0.3, 0.4) is 0 Å². The molecule has 1 aromatic carbocycles. The summed E-state index contributed by atoms with van der Waals surface area (Å²) < 4.78 is 42.2. The third kappa shape index (κ3) is 5.97. The van der Waals surface area contributed by atoms with Gasteiger partial charge in [0.1, 0.15) is 28.7 Å². The molecule has 1 aromatic heterocycles. The van der Waals surface area contributed by atoms with Gasteiger partial charge in [0, 0.05) is 13.0 Å². The van der Waals surface area contributed by atoms with E-state index in [4.69, 9.17) is 14.0 Å². The summed E-state index contributed by atoms with van der Waals surface area (Å²) in [4.78, 5) is 11.8. The summed E-state index contributed by atoms with van der Waals surface area (Å²) in [5.41, 5.74) is 0.278. The summed E-state index contributed by atoms with van der Waals surface area (Å²) in [5, 5.41) is 6.28. The molecule has 0 bridgehead atoms. The molecule has 9 nitrogen and oxygen atoms in total. The molecule has 1 amide bonds. The van der Waals surface area contributed by atoms with Crippen molar-refractivity contribution in [3.05, 3.63) is 35.7 Å². The van der Waals surface area contributed by atoms with E-state index in [-0.39, 0.29) is 35.2 Å². The van der Waals surface area contributed by atoms with Gasteiger partial charge in [-0.2, -0.15) is 0 Å². The Morgan fingerprint density at radius 2 is 1.81 bits per heavy atom. The molecule has 0 saturated heterocycles. The second kappa shape index (κ2) is 9.38. The van der Waals surface area contributed by atoms with E-state index in [0.29, 0.717) is 18.9 Å². The van der Waals surface area contributed by atoms with Crippen LogP contribution in [0.1, 0.15) is 17.9 Å². The number of aromatic nitrogens is 1. The Morgan fingerprint density at radius 3 is 2.41 bits per heavy atom. The molecule has 148 valence electrons. The largest absolute Gasteiger partial charge is 0.497 e. The number of carbonyl (C=O) groups excluding carboxylic acids is 1. The standard InChI is InChI=1S/C17H23N3O6S/c1-12-17(13(2)26-20-12)27(22,23)19-9-8-16(21)18-10-11-25-15-6-4-14(24-3)5-7-15/h4-7,19H,8-11H2,1-3H3,(H,18,21). The number of carbonyl (C=O) groups is 1. The van der Waals surface area contributed by atoms with Gasteiger partial charge in [0.25, 0.3) is 0 Å². The van der Waals surface area contributed by atoms with E-state index in [1.54, 1.807) is 38.3 Å². The zero-order valence-electron chi connectivity index (χ0n) is 15.4. The molecule has 0 aliphatic carbocycles. The Morgan fingerprint density at radius 1 is 1.15 bits per heavy atom. The summed E-state index contributed by atoms with van der Waals surface area (Å²) in [7, 11) is -2.18. The van der Waals surface area contributed by atoms with Crippen LogP contribution in [0.15, 0.2) is 33.7 Å². The minimum Gasteiger partial charge on any atom is -0.497 e. The second-order valence-electron chi connectivity index (χ2n) is 5.68. The van der Waals surface area contributed by atoms with Crippen LogP contribution in [-0.2, 0) is 14.8 Å². The number of nitrogens with zero attached hydrogens (tertiary/aromatic N) is 1. The summed E-state index contributed by atoms with van der Waals surface area (Å²) in [6.07, 6.45) is 0.00510. The van der Waals surface area contributed by atoms with Gasteiger partial charge in [-0.25, -0.2) is 13.1 Å². The van der Waals surface area contributed by atoms with E-state index in [1.165, 1.54) is 6.92 Å². The molecule has 2 aromatic rings. The average Bonchev–Trinajstić information content (AvgIpc) is 2.98. The highest BCUT2D eigenvalue weighted by atomic mass is 32.2. The number of hydrogen-bond donors (Lipinski definition) is 2. The van der Waals surface area contributed by atoms with Gasteiger partial charge in [-0.15, -0.1) is 0 Å². The molecule has 0 unspecified atom stereocenters. The van der Waals surface area contributed by atoms with Crippen LogP contribution in [0.4, 0.5) is 0 Å². The number of aryl methyl sites for hydroxylation is 2. The fourth-order valence-electron chi connectivity index (χ4n) is 2.35. The first kappa shape index (κ1) is 20.7. The van der Waals surface area contributed by atoms with Gasteiger partial charge in [-0.05, 0) is 38.1 Å². The summed E-state index contributed by atoms with van der Waals surface area (Å²) in [5.74, 6) is 1.32. The SMILES string of the molecule is COc1ccc(OCCNC(=O)CCNS(=O)(=O)c2c(C)noc2C)cc1. The Balaban J connectivity index is 1.67. The van der Waals surface area contributed by atoms with Crippen molar-refractivity contribution in [1.29, 1.82) is 0 Å². The van der Waals surface area contributed by atoms with Crippen molar-refractivity contribution in [2.45, 2.75) is 25.2 Å². The number of amides is 1. The lowest BCUT2D eigenvalue weighted by Gasteiger charge is -2.09. The number of nitrogens with one attached hydrogen (secondary N) is 2. The van der Waals surface area contributed by atoms with E-state index >= 15 is 0 Å². The molecule has 10 heteroatoms. The predicted molar refractivity (Wildman–Crippen MR) is 97.3 cm³/mol. The van der Waals surface area contributed by atoms with Crippen LogP contribution in [-0.4, -0.2) is 46.3 Å². The number of benzene rings is 1. The van der Waals surface area contributed by atoms with Gasteiger partial charge >= 0.3 is 0 Å². The monoisotopic (exact) mass is 397 g/mol. The highest BCUT2D eigenvalue weighted by Gasteiger charge is 2.23. The first-order valence-electron chi connectivity index (χ1n) is 8.29. The average molecular weight is 397 g/mol. The lowest BCUT2D eigenvalue weighted by Crippen LogP contribution is -2.33. The maximum atomic E-state index is 12.2. The zero-order chi connectivity index (χ0) is 19.9. The van der Waals surface area contributed by atoms with E-state index in [1.807, 2.05) is 0 Å². The first-order valence-corrected chi connectivity index (χ1v) is 9.78. The molecule has 0 saturated carbocycles. The number of hydrogen-bond acceptors (Lipinski definition) is 7. The highest BCUT2D eigenvalue weighted by Crippen LogP contribution is 2.18. The van der Waals surface area contributed by atoms with Gasteiger partial charge in [0.15, 0.2) is 5.76 Å². The van der Waals surface area contributed by atoms with Crippen molar-refractivity contribution < 1.29 is 27.2 Å².